The number of aromatic nitrogens is 4. The maximum absolute atomic E-state index is 13.5. The number of carbonyl (C=O) groups is 1. The standard InChI is InChI=1S/C20H27N6O6P/c1-4-31-19(27)14(2)25-33(28,32-15-8-6-5-7-9-15)13-30-11-10-26-12-22-16-17(26)23-20(21)24-18(16)29-3/h5-9,12,14H,4,10-11,13H2,1-3H3,(H,25,28)(H2,21,23,24)/t14-,33?/m0/s1. The van der Waals surface area contributed by atoms with Crippen molar-refractivity contribution in [3.8, 4) is 11.6 Å². The van der Waals surface area contributed by atoms with Gasteiger partial charge in [-0.1, -0.05) is 18.2 Å². The Kier molecular flexibility index (Phi) is 8.21. The lowest BCUT2D eigenvalue weighted by atomic mass is 10.3. The highest BCUT2D eigenvalue weighted by molar-refractivity contribution is 7.57. The van der Waals surface area contributed by atoms with Crippen LogP contribution in [0.3, 0.4) is 0 Å². The van der Waals surface area contributed by atoms with E-state index in [9.17, 15) is 9.36 Å². The highest BCUT2D eigenvalue weighted by Crippen LogP contribution is 2.43. The average Bonchev–Trinajstić information content (AvgIpc) is 3.19. The molecule has 3 aromatic rings. The number of hydrogen-bond donors (Lipinski definition) is 2. The molecule has 0 aliphatic heterocycles. The fourth-order valence-corrected chi connectivity index (χ4v) is 4.65. The SMILES string of the molecule is CCOC(=O)[C@H](C)NP(=O)(COCCn1cnc2c(OC)nc(N)nc21)Oc1ccccc1. The predicted octanol–water partition coefficient (Wildman–Crippen LogP) is 2.20. The lowest BCUT2D eigenvalue weighted by Gasteiger charge is -2.23. The number of rotatable bonds is 12. The van der Waals surface area contributed by atoms with Gasteiger partial charge in [0.15, 0.2) is 11.2 Å². The van der Waals surface area contributed by atoms with Gasteiger partial charge in [0.1, 0.15) is 18.1 Å². The molecule has 33 heavy (non-hydrogen) atoms. The third-order valence-electron chi connectivity index (χ3n) is 4.41. The van der Waals surface area contributed by atoms with Gasteiger partial charge in [0.05, 0.1) is 26.7 Å². The van der Waals surface area contributed by atoms with E-state index in [1.54, 1.807) is 49.0 Å². The summed E-state index contributed by atoms with van der Waals surface area (Å²) < 4.78 is 36.7. The van der Waals surface area contributed by atoms with Crippen molar-refractivity contribution in [1.82, 2.24) is 24.6 Å². The Bertz CT molecular complexity index is 1120. The zero-order chi connectivity index (χ0) is 23.8. The summed E-state index contributed by atoms with van der Waals surface area (Å²) in [6.07, 6.45) is 1.28. The molecule has 2 atom stereocenters. The summed E-state index contributed by atoms with van der Waals surface area (Å²) in [6, 6.07) is 7.79. The Labute approximate surface area is 190 Å². The first kappa shape index (κ1) is 24.4. The highest BCUT2D eigenvalue weighted by atomic mass is 31.2. The molecule has 0 amide bonds. The largest absolute Gasteiger partial charge is 0.479 e. The summed E-state index contributed by atoms with van der Waals surface area (Å²) in [4.78, 5) is 24.5. The maximum Gasteiger partial charge on any atom is 0.342 e. The van der Waals surface area contributed by atoms with E-state index in [2.05, 4.69) is 20.0 Å². The summed E-state index contributed by atoms with van der Waals surface area (Å²) in [7, 11) is -2.14. The van der Waals surface area contributed by atoms with Crippen LogP contribution < -0.4 is 20.1 Å². The van der Waals surface area contributed by atoms with E-state index in [1.807, 2.05) is 6.07 Å². The van der Waals surface area contributed by atoms with Crippen LogP contribution in [0.2, 0.25) is 0 Å². The third kappa shape index (κ3) is 6.41. The summed E-state index contributed by atoms with van der Waals surface area (Å²) in [6.45, 7) is 3.96. The fourth-order valence-electron chi connectivity index (χ4n) is 2.94. The normalized spacial score (nSPS) is 13.9. The molecule has 12 nitrogen and oxygen atoms in total. The van der Waals surface area contributed by atoms with Crippen molar-refractivity contribution in [2.45, 2.75) is 26.4 Å². The zero-order valence-corrected chi connectivity index (χ0v) is 19.5. The molecular formula is C20H27N6O6P. The van der Waals surface area contributed by atoms with Gasteiger partial charge >= 0.3 is 13.5 Å². The van der Waals surface area contributed by atoms with Crippen LogP contribution in [0.5, 0.6) is 11.6 Å². The molecule has 2 heterocycles. The number of imidazole rings is 1. The van der Waals surface area contributed by atoms with Gasteiger partial charge in [-0.2, -0.15) is 9.97 Å². The molecular weight excluding hydrogens is 451 g/mol. The molecule has 13 heteroatoms. The summed E-state index contributed by atoms with van der Waals surface area (Å²) in [5.41, 5.74) is 6.69. The minimum atomic E-state index is -3.61. The van der Waals surface area contributed by atoms with Gasteiger partial charge in [0.2, 0.25) is 11.8 Å². The molecule has 3 rings (SSSR count). The molecule has 0 aliphatic carbocycles. The Morgan fingerprint density at radius 2 is 2.03 bits per heavy atom. The second-order valence-electron chi connectivity index (χ2n) is 6.92. The van der Waals surface area contributed by atoms with Crippen molar-refractivity contribution < 1.29 is 28.1 Å². The minimum absolute atomic E-state index is 0.0555. The number of nitrogens with zero attached hydrogens (tertiary/aromatic N) is 4. The number of anilines is 1. The van der Waals surface area contributed by atoms with Crippen LogP contribution in [0.1, 0.15) is 13.8 Å². The van der Waals surface area contributed by atoms with Crippen molar-refractivity contribution >= 4 is 30.6 Å². The first-order valence-corrected chi connectivity index (χ1v) is 12.0. The Hall–Kier alpha value is -3.21. The van der Waals surface area contributed by atoms with E-state index < -0.39 is 19.5 Å². The van der Waals surface area contributed by atoms with E-state index in [4.69, 9.17) is 24.5 Å². The number of carbonyl (C=O) groups excluding carboxylic acids is 1. The number of benzene rings is 1. The molecule has 0 bridgehead atoms. The van der Waals surface area contributed by atoms with Gasteiger partial charge in [-0.3, -0.25) is 9.36 Å². The molecule has 0 saturated carbocycles. The quantitative estimate of drug-likeness (QED) is 0.224. The van der Waals surface area contributed by atoms with Crippen molar-refractivity contribution in [3.63, 3.8) is 0 Å². The van der Waals surface area contributed by atoms with Crippen LogP contribution in [0.4, 0.5) is 5.95 Å². The molecule has 0 saturated heterocycles. The lowest BCUT2D eigenvalue weighted by molar-refractivity contribution is -0.144. The fraction of sp³-hybridized carbons (Fsp3) is 0.400. The van der Waals surface area contributed by atoms with Crippen LogP contribution in [0, 0.1) is 0 Å². The van der Waals surface area contributed by atoms with E-state index >= 15 is 0 Å². The average molecular weight is 478 g/mol. The summed E-state index contributed by atoms with van der Waals surface area (Å²) >= 11 is 0. The maximum atomic E-state index is 13.5. The molecule has 1 unspecified atom stereocenters. The Morgan fingerprint density at radius 3 is 2.73 bits per heavy atom. The van der Waals surface area contributed by atoms with Crippen molar-refractivity contribution in [1.29, 1.82) is 0 Å². The molecule has 0 fully saturated rings. The molecule has 2 aromatic heterocycles. The first-order valence-electron chi connectivity index (χ1n) is 10.2. The van der Waals surface area contributed by atoms with Gasteiger partial charge in [-0.25, -0.2) is 10.1 Å². The number of nitrogen functional groups attached to an aromatic ring is 1. The number of hydrogen-bond acceptors (Lipinski definition) is 10. The predicted molar refractivity (Wildman–Crippen MR) is 121 cm³/mol. The number of ether oxygens (including phenoxy) is 3. The highest BCUT2D eigenvalue weighted by Gasteiger charge is 2.30. The second-order valence-corrected chi connectivity index (χ2v) is 8.97. The number of methoxy groups -OCH3 is 1. The minimum Gasteiger partial charge on any atom is -0.479 e. The Morgan fingerprint density at radius 1 is 1.27 bits per heavy atom. The Balaban J connectivity index is 1.67. The molecule has 0 spiro atoms. The molecule has 0 radical (unpaired) electrons. The van der Waals surface area contributed by atoms with Crippen LogP contribution in [-0.4, -0.2) is 58.2 Å². The van der Waals surface area contributed by atoms with E-state index in [0.717, 1.165) is 0 Å². The number of fused-ring (bicyclic) bond motifs is 1. The molecule has 1 aromatic carbocycles. The zero-order valence-electron chi connectivity index (χ0n) is 18.6. The summed E-state index contributed by atoms with van der Waals surface area (Å²) in [5.74, 6) is 0.174. The first-order chi connectivity index (χ1) is 15.8. The molecule has 3 N–H and O–H groups in total. The van der Waals surface area contributed by atoms with Gasteiger partial charge in [0, 0.05) is 6.54 Å². The van der Waals surface area contributed by atoms with E-state index in [0.29, 0.717) is 23.5 Å². The van der Waals surface area contributed by atoms with Crippen LogP contribution in [0.25, 0.3) is 11.2 Å². The number of nitrogens with two attached hydrogens (primary N) is 1. The number of esters is 1. The van der Waals surface area contributed by atoms with Crippen molar-refractivity contribution in [3.05, 3.63) is 36.7 Å². The third-order valence-corrected chi connectivity index (χ3v) is 6.22. The number of nitrogens with one attached hydrogen (secondary N) is 1. The van der Waals surface area contributed by atoms with Crippen LogP contribution in [0.15, 0.2) is 36.7 Å². The number of para-hydroxylation sites is 1. The monoisotopic (exact) mass is 478 g/mol. The van der Waals surface area contributed by atoms with Crippen molar-refractivity contribution in [2.75, 3.05) is 32.4 Å². The van der Waals surface area contributed by atoms with Gasteiger partial charge < -0.3 is 29.0 Å². The van der Waals surface area contributed by atoms with Gasteiger partial charge in [-0.15, -0.1) is 0 Å². The van der Waals surface area contributed by atoms with Gasteiger partial charge in [0.25, 0.3) is 0 Å². The van der Waals surface area contributed by atoms with Crippen LogP contribution >= 0.6 is 7.52 Å². The lowest BCUT2D eigenvalue weighted by Crippen LogP contribution is -2.35. The smallest absolute Gasteiger partial charge is 0.342 e. The van der Waals surface area contributed by atoms with E-state index in [-0.39, 0.29) is 31.4 Å². The van der Waals surface area contributed by atoms with Crippen molar-refractivity contribution in [2.24, 2.45) is 0 Å². The molecule has 178 valence electrons. The summed E-state index contributed by atoms with van der Waals surface area (Å²) in [5, 5.41) is 2.73. The second kappa shape index (κ2) is 11.1. The molecule has 0 aliphatic rings. The topological polar surface area (TPSA) is 153 Å². The van der Waals surface area contributed by atoms with Crippen LogP contribution in [-0.2, 0) is 25.4 Å². The van der Waals surface area contributed by atoms with Gasteiger partial charge in [-0.05, 0) is 26.0 Å². The van der Waals surface area contributed by atoms with E-state index in [1.165, 1.54) is 7.11 Å².